The zero-order valence-corrected chi connectivity index (χ0v) is 9.88. The molecule has 0 aromatic rings. The summed E-state index contributed by atoms with van der Waals surface area (Å²) in [5, 5.41) is 18.4. The molecule has 0 bridgehead atoms. The molecule has 1 aliphatic rings. The Morgan fingerprint density at radius 2 is 2.25 bits per heavy atom. The Kier molecular flexibility index (Phi) is 3.93. The molecular formula is C11H19NO4. The second-order valence-corrected chi connectivity index (χ2v) is 4.80. The third kappa shape index (κ3) is 3.21. The fourth-order valence-electron chi connectivity index (χ4n) is 1.50. The van der Waals surface area contributed by atoms with E-state index in [4.69, 9.17) is 9.84 Å². The maximum absolute atomic E-state index is 11.8. The number of carbonyl (C=O) groups excluding carboxylic acids is 1. The number of amides is 1. The molecule has 0 aliphatic carbocycles. The molecule has 2 atom stereocenters. The van der Waals surface area contributed by atoms with Crippen LogP contribution in [0.4, 0.5) is 4.79 Å². The zero-order valence-electron chi connectivity index (χ0n) is 9.88. The van der Waals surface area contributed by atoms with Crippen molar-refractivity contribution in [2.24, 2.45) is 0 Å². The van der Waals surface area contributed by atoms with Crippen molar-refractivity contribution < 1.29 is 19.7 Å². The minimum absolute atomic E-state index is 0.381. The number of rotatable bonds is 2. The molecule has 1 heterocycles. The molecule has 0 fully saturated rings. The van der Waals surface area contributed by atoms with Gasteiger partial charge in [-0.15, -0.1) is 0 Å². The van der Waals surface area contributed by atoms with E-state index >= 15 is 0 Å². The predicted octanol–water partition coefficient (Wildman–Crippen LogP) is 0.515. The van der Waals surface area contributed by atoms with Crippen molar-refractivity contribution in [3.05, 3.63) is 12.2 Å². The highest BCUT2D eigenvalue weighted by molar-refractivity contribution is 5.70. The second-order valence-electron chi connectivity index (χ2n) is 4.80. The van der Waals surface area contributed by atoms with E-state index in [-0.39, 0.29) is 6.61 Å². The lowest BCUT2D eigenvalue weighted by Gasteiger charge is -2.30. The lowest BCUT2D eigenvalue weighted by Crippen LogP contribution is -2.46. The van der Waals surface area contributed by atoms with E-state index < -0.39 is 23.8 Å². The van der Waals surface area contributed by atoms with E-state index in [1.165, 1.54) is 4.90 Å². The molecule has 0 saturated heterocycles. The Bertz CT molecular complexity index is 282. The van der Waals surface area contributed by atoms with Crippen LogP contribution in [0.15, 0.2) is 12.2 Å². The number of ether oxygens (including phenoxy) is 1. The maximum atomic E-state index is 11.8. The summed E-state index contributed by atoms with van der Waals surface area (Å²) in [5.41, 5.74) is -0.561. The molecule has 0 saturated carbocycles. The van der Waals surface area contributed by atoms with E-state index in [1.807, 2.05) is 0 Å². The lowest BCUT2D eigenvalue weighted by atomic mass is 10.1. The van der Waals surface area contributed by atoms with Gasteiger partial charge in [0.05, 0.1) is 12.6 Å². The van der Waals surface area contributed by atoms with Crippen molar-refractivity contribution in [1.82, 2.24) is 4.90 Å². The molecule has 0 aromatic carbocycles. The van der Waals surface area contributed by atoms with Crippen molar-refractivity contribution in [3.8, 4) is 0 Å². The quantitative estimate of drug-likeness (QED) is 0.677. The average Bonchev–Trinajstić information content (AvgIpc) is 2.62. The van der Waals surface area contributed by atoms with Gasteiger partial charge in [0.25, 0.3) is 0 Å². The summed E-state index contributed by atoms with van der Waals surface area (Å²) in [6.07, 6.45) is 2.03. The fourth-order valence-corrected chi connectivity index (χ4v) is 1.50. The van der Waals surface area contributed by atoms with Crippen LogP contribution in [0.2, 0.25) is 0 Å². The molecule has 1 amide bonds. The monoisotopic (exact) mass is 229 g/mol. The van der Waals surface area contributed by atoms with Crippen LogP contribution in [0.5, 0.6) is 0 Å². The Labute approximate surface area is 95.3 Å². The summed E-state index contributed by atoms with van der Waals surface area (Å²) in [5.74, 6) is 0. The largest absolute Gasteiger partial charge is 0.444 e. The third-order valence-corrected chi connectivity index (χ3v) is 2.20. The zero-order chi connectivity index (χ0) is 12.3. The maximum Gasteiger partial charge on any atom is 0.411 e. The number of nitrogens with zero attached hydrogens (tertiary/aromatic N) is 1. The SMILES string of the molecule is CC(C)(C)OC(=O)N1CC=C[C@H]1[C@H](O)CO. The van der Waals surface area contributed by atoms with Crippen LogP contribution in [0.25, 0.3) is 0 Å². The molecule has 1 aliphatic heterocycles. The van der Waals surface area contributed by atoms with Crippen LogP contribution in [-0.2, 0) is 4.74 Å². The molecule has 0 aromatic heterocycles. The molecule has 5 heteroatoms. The average molecular weight is 229 g/mol. The first-order valence-electron chi connectivity index (χ1n) is 5.30. The van der Waals surface area contributed by atoms with E-state index in [0.717, 1.165) is 0 Å². The van der Waals surface area contributed by atoms with Gasteiger partial charge >= 0.3 is 6.09 Å². The van der Waals surface area contributed by atoms with Gasteiger partial charge in [0.15, 0.2) is 0 Å². The lowest BCUT2D eigenvalue weighted by molar-refractivity contribution is -0.000662. The number of aliphatic hydroxyl groups is 2. The molecule has 0 unspecified atom stereocenters. The van der Waals surface area contributed by atoms with Gasteiger partial charge in [0.1, 0.15) is 11.7 Å². The molecular weight excluding hydrogens is 210 g/mol. The van der Waals surface area contributed by atoms with E-state index in [1.54, 1.807) is 32.9 Å². The molecule has 5 nitrogen and oxygen atoms in total. The number of aliphatic hydroxyl groups excluding tert-OH is 2. The molecule has 92 valence electrons. The van der Waals surface area contributed by atoms with Gasteiger partial charge in [-0.2, -0.15) is 0 Å². The third-order valence-electron chi connectivity index (χ3n) is 2.20. The van der Waals surface area contributed by atoms with Crippen molar-refractivity contribution in [1.29, 1.82) is 0 Å². The molecule has 0 radical (unpaired) electrons. The van der Waals surface area contributed by atoms with Crippen molar-refractivity contribution in [2.45, 2.75) is 38.5 Å². The molecule has 2 N–H and O–H groups in total. The van der Waals surface area contributed by atoms with Crippen LogP contribution in [0.3, 0.4) is 0 Å². The molecule has 0 spiro atoms. The minimum Gasteiger partial charge on any atom is -0.444 e. The topological polar surface area (TPSA) is 70.0 Å². The Morgan fingerprint density at radius 3 is 2.75 bits per heavy atom. The van der Waals surface area contributed by atoms with Gasteiger partial charge in [0.2, 0.25) is 0 Å². The van der Waals surface area contributed by atoms with Crippen molar-refractivity contribution in [3.63, 3.8) is 0 Å². The van der Waals surface area contributed by atoms with E-state index in [9.17, 15) is 9.90 Å². The second kappa shape index (κ2) is 4.84. The summed E-state index contributed by atoms with van der Waals surface area (Å²) in [4.78, 5) is 13.2. The van der Waals surface area contributed by atoms with Crippen LogP contribution >= 0.6 is 0 Å². The van der Waals surface area contributed by atoms with Crippen LogP contribution < -0.4 is 0 Å². The van der Waals surface area contributed by atoms with Gasteiger partial charge in [-0.25, -0.2) is 4.79 Å². The number of hydrogen-bond donors (Lipinski definition) is 2. The minimum atomic E-state index is -0.966. The summed E-state index contributed by atoms with van der Waals surface area (Å²) >= 11 is 0. The Balaban J connectivity index is 2.63. The smallest absolute Gasteiger partial charge is 0.411 e. The Hall–Kier alpha value is -1.07. The van der Waals surface area contributed by atoms with Crippen molar-refractivity contribution >= 4 is 6.09 Å². The van der Waals surface area contributed by atoms with Gasteiger partial charge in [-0.1, -0.05) is 12.2 Å². The first-order valence-corrected chi connectivity index (χ1v) is 5.30. The summed E-state index contributed by atoms with van der Waals surface area (Å²) in [6.45, 7) is 5.37. The molecule has 16 heavy (non-hydrogen) atoms. The fraction of sp³-hybridized carbons (Fsp3) is 0.727. The summed E-state index contributed by atoms with van der Waals surface area (Å²) in [7, 11) is 0. The van der Waals surface area contributed by atoms with Crippen LogP contribution in [0, 0.1) is 0 Å². The van der Waals surface area contributed by atoms with Gasteiger partial charge in [0, 0.05) is 6.54 Å². The first-order chi connectivity index (χ1) is 7.35. The highest BCUT2D eigenvalue weighted by Gasteiger charge is 2.32. The Morgan fingerprint density at radius 1 is 1.62 bits per heavy atom. The summed E-state index contributed by atoms with van der Waals surface area (Å²) < 4.78 is 5.20. The van der Waals surface area contributed by atoms with Crippen LogP contribution in [0.1, 0.15) is 20.8 Å². The number of hydrogen-bond acceptors (Lipinski definition) is 4. The molecule has 1 rings (SSSR count). The standard InChI is InChI=1S/C11H19NO4/c1-11(2,3)16-10(15)12-6-4-5-8(12)9(14)7-13/h4-5,8-9,13-14H,6-7H2,1-3H3/t8-,9+/m0/s1. The highest BCUT2D eigenvalue weighted by atomic mass is 16.6. The normalized spacial score (nSPS) is 22.3. The number of carbonyl (C=O) groups is 1. The van der Waals surface area contributed by atoms with Gasteiger partial charge in [-0.3, -0.25) is 4.90 Å². The van der Waals surface area contributed by atoms with Crippen LogP contribution in [-0.4, -0.2) is 52.1 Å². The first kappa shape index (κ1) is 13.0. The van der Waals surface area contributed by atoms with Gasteiger partial charge in [-0.05, 0) is 20.8 Å². The van der Waals surface area contributed by atoms with E-state index in [0.29, 0.717) is 6.54 Å². The van der Waals surface area contributed by atoms with E-state index in [2.05, 4.69) is 0 Å². The summed E-state index contributed by atoms with van der Waals surface area (Å²) in [6, 6.07) is -0.500. The highest BCUT2D eigenvalue weighted by Crippen LogP contribution is 2.18. The van der Waals surface area contributed by atoms with Crippen molar-refractivity contribution in [2.75, 3.05) is 13.2 Å². The predicted molar refractivity (Wildman–Crippen MR) is 59.0 cm³/mol. The van der Waals surface area contributed by atoms with Gasteiger partial charge < -0.3 is 14.9 Å².